The average Bonchev–Trinajstić information content (AvgIpc) is 3.04. The van der Waals surface area contributed by atoms with Crippen molar-refractivity contribution in [2.24, 2.45) is 0 Å². The van der Waals surface area contributed by atoms with E-state index in [1.165, 1.54) is 17.7 Å². The molecule has 5 nitrogen and oxygen atoms in total. The maximum atomic E-state index is 13.2. The van der Waals surface area contributed by atoms with Gasteiger partial charge in [0, 0.05) is 5.56 Å². The van der Waals surface area contributed by atoms with Crippen molar-refractivity contribution in [3.8, 4) is 11.5 Å². The van der Waals surface area contributed by atoms with Crippen LogP contribution < -0.4 is 5.32 Å². The van der Waals surface area contributed by atoms with E-state index in [0.717, 1.165) is 12.0 Å². The number of nitrogens with zero attached hydrogens (tertiary/aromatic N) is 2. The molecule has 6 heteroatoms. The minimum Gasteiger partial charge on any atom is -0.403 e. The number of nitrogens with one attached hydrogen (secondary N) is 1. The fourth-order valence-electron chi connectivity index (χ4n) is 2.25. The molecule has 0 unspecified atom stereocenters. The predicted molar refractivity (Wildman–Crippen MR) is 87.8 cm³/mol. The molecule has 3 aromatic rings. The molecule has 0 aliphatic rings. The first-order valence-corrected chi connectivity index (χ1v) is 7.61. The van der Waals surface area contributed by atoms with Crippen molar-refractivity contribution in [1.82, 2.24) is 10.2 Å². The van der Waals surface area contributed by atoms with Crippen molar-refractivity contribution >= 4 is 11.9 Å². The number of hydrogen-bond donors (Lipinski definition) is 1. The van der Waals surface area contributed by atoms with Crippen LogP contribution in [0.5, 0.6) is 0 Å². The van der Waals surface area contributed by atoms with Gasteiger partial charge in [-0.05, 0) is 35.7 Å². The molecule has 122 valence electrons. The number of carbonyl (C=O) groups is 1. The minimum absolute atomic E-state index is 0.00978. The van der Waals surface area contributed by atoms with E-state index < -0.39 is 5.82 Å². The van der Waals surface area contributed by atoms with Crippen LogP contribution in [0.4, 0.5) is 10.4 Å². The Morgan fingerprint density at radius 2 is 1.88 bits per heavy atom. The smallest absolute Gasteiger partial charge is 0.322 e. The van der Waals surface area contributed by atoms with E-state index >= 15 is 0 Å². The van der Waals surface area contributed by atoms with Crippen LogP contribution in [-0.2, 0) is 17.6 Å². The number of carbonyl (C=O) groups excluding carboxylic acids is 1. The van der Waals surface area contributed by atoms with Gasteiger partial charge in [0.2, 0.25) is 11.8 Å². The lowest BCUT2D eigenvalue weighted by atomic mass is 10.1. The molecule has 0 saturated heterocycles. The first kappa shape index (κ1) is 15.9. The average molecular weight is 325 g/mol. The fraction of sp³-hybridized carbons (Fsp3) is 0.167. The van der Waals surface area contributed by atoms with Crippen LogP contribution in [0.3, 0.4) is 0 Å². The van der Waals surface area contributed by atoms with Crippen LogP contribution in [-0.4, -0.2) is 16.1 Å². The van der Waals surface area contributed by atoms with E-state index in [-0.39, 0.29) is 24.2 Å². The molecule has 0 bridgehead atoms. The second-order valence-electron chi connectivity index (χ2n) is 5.32. The van der Waals surface area contributed by atoms with Gasteiger partial charge in [0.05, 0.1) is 6.42 Å². The van der Waals surface area contributed by atoms with E-state index in [2.05, 4.69) is 22.4 Å². The highest BCUT2D eigenvalue weighted by molar-refractivity contribution is 5.90. The zero-order valence-corrected chi connectivity index (χ0v) is 13.1. The lowest BCUT2D eigenvalue weighted by Gasteiger charge is -2.02. The van der Waals surface area contributed by atoms with Crippen molar-refractivity contribution in [2.45, 2.75) is 19.8 Å². The highest BCUT2D eigenvalue weighted by atomic mass is 19.1. The molecule has 1 aromatic heterocycles. The van der Waals surface area contributed by atoms with E-state index in [4.69, 9.17) is 4.42 Å². The van der Waals surface area contributed by atoms with Gasteiger partial charge in [0.1, 0.15) is 5.82 Å². The van der Waals surface area contributed by atoms with Gasteiger partial charge in [-0.1, -0.05) is 42.4 Å². The van der Waals surface area contributed by atoms with E-state index in [9.17, 15) is 9.18 Å². The molecule has 24 heavy (non-hydrogen) atoms. The molecule has 1 N–H and O–H groups in total. The van der Waals surface area contributed by atoms with E-state index in [0.29, 0.717) is 5.56 Å². The maximum absolute atomic E-state index is 13.2. The van der Waals surface area contributed by atoms with Gasteiger partial charge in [0.25, 0.3) is 0 Å². The van der Waals surface area contributed by atoms with Crippen LogP contribution >= 0.6 is 0 Å². The second kappa shape index (κ2) is 7.04. The van der Waals surface area contributed by atoms with Crippen LogP contribution in [0.2, 0.25) is 0 Å². The molecule has 0 atom stereocenters. The van der Waals surface area contributed by atoms with Crippen LogP contribution in [0.15, 0.2) is 52.9 Å². The zero-order chi connectivity index (χ0) is 16.9. The number of amides is 1. The summed E-state index contributed by atoms with van der Waals surface area (Å²) in [7, 11) is 0. The molecule has 0 spiro atoms. The van der Waals surface area contributed by atoms with Crippen LogP contribution in [0.25, 0.3) is 11.5 Å². The summed E-state index contributed by atoms with van der Waals surface area (Å²) in [5, 5.41) is 10.1. The Morgan fingerprint density at radius 3 is 2.58 bits per heavy atom. The Bertz CT molecular complexity index is 843. The molecule has 1 amide bonds. The summed E-state index contributed by atoms with van der Waals surface area (Å²) >= 11 is 0. The number of hydrogen-bond acceptors (Lipinski definition) is 4. The molecule has 0 radical (unpaired) electrons. The Balaban J connectivity index is 1.64. The van der Waals surface area contributed by atoms with Gasteiger partial charge in [0.15, 0.2) is 0 Å². The quantitative estimate of drug-likeness (QED) is 0.778. The summed E-state index contributed by atoms with van der Waals surface area (Å²) < 4.78 is 18.6. The Morgan fingerprint density at radius 1 is 1.12 bits per heavy atom. The summed E-state index contributed by atoms with van der Waals surface area (Å²) in [6.07, 6.45) is 1.17. The Labute approximate surface area is 138 Å². The van der Waals surface area contributed by atoms with Crippen molar-refractivity contribution in [3.05, 3.63) is 65.5 Å². The minimum atomic E-state index is -0.396. The summed E-state index contributed by atoms with van der Waals surface area (Å²) in [4.78, 5) is 12.0. The first-order chi connectivity index (χ1) is 11.6. The molecule has 3 rings (SSSR count). The second-order valence-corrected chi connectivity index (χ2v) is 5.32. The van der Waals surface area contributed by atoms with Crippen LogP contribution in [0, 0.1) is 5.82 Å². The normalized spacial score (nSPS) is 10.6. The van der Waals surface area contributed by atoms with Gasteiger partial charge >= 0.3 is 6.01 Å². The van der Waals surface area contributed by atoms with Gasteiger partial charge in [-0.2, -0.15) is 0 Å². The number of aromatic nitrogens is 2. The summed E-state index contributed by atoms with van der Waals surface area (Å²) in [5.41, 5.74) is 2.57. The standard InChI is InChI=1S/C18H16FN3O2/c1-2-12-6-8-13(9-7-12)10-16(23)20-18-22-21-17(24-18)14-4-3-5-15(19)11-14/h3-9,11H,2,10H2,1H3,(H,20,22,23). The highest BCUT2D eigenvalue weighted by Crippen LogP contribution is 2.20. The van der Waals surface area contributed by atoms with Crippen molar-refractivity contribution in [1.29, 1.82) is 0 Å². The first-order valence-electron chi connectivity index (χ1n) is 7.61. The van der Waals surface area contributed by atoms with E-state index in [1.807, 2.05) is 24.3 Å². The van der Waals surface area contributed by atoms with Crippen molar-refractivity contribution in [3.63, 3.8) is 0 Å². The summed E-state index contributed by atoms with van der Waals surface area (Å²) in [6.45, 7) is 2.08. The molecular weight excluding hydrogens is 309 g/mol. The third-order valence-electron chi connectivity index (χ3n) is 3.54. The Hall–Kier alpha value is -3.02. The molecular formula is C18H16FN3O2. The third-order valence-corrected chi connectivity index (χ3v) is 3.54. The van der Waals surface area contributed by atoms with E-state index in [1.54, 1.807) is 12.1 Å². The predicted octanol–water partition coefficient (Wildman–Crippen LogP) is 3.62. The zero-order valence-electron chi connectivity index (χ0n) is 13.1. The summed E-state index contributed by atoms with van der Waals surface area (Å²) in [5.74, 6) is -0.502. The number of aryl methyl sites for hydroxylation is 1. The van der Waals surface area contributed by atoms with Gasteiger partial charge < -0.3 is 4.42 Å². The lowest BCUT2D eigenvalue weighted by Crippen LogP contribution is -2.14. The highest BCUT2D eigenvalue weighted by Gasteiger charge is 2.12. The van der Waals surface area contributed by atoms with Gasteiger partial charge in [-0.3, -0.25) is 10.1 Å². The van der Waals surface area contributed by atoms with Crippen LogP contribution in [0.1, 0.15) is 18.1 Å². The van der Waals surface area contributed by atoms with Crippen molar-refractivity contribution in [2.75, 3.05) is 5.32 Å². The monoisotopic (exact) mass is 325 g/mol. The maximum Gasteiger partial charge on any atom is 0.322 e. The molecule has 0 aliphatic heterocycles. The summed E-state index contributed by atoms with van der Waals surface area (Å²) in [6, 6.07) is 13.6. The molecule has 0 saturated carbocycles. The van der Waals surface area contributed by atoms with Gasteiger partial charge in [-0.15, -0.1) is 5.10 Å². The fourth-order valence-corrected chi connectivity index (χ4v) is 2.25. The third kappa shape index (κ3) is 3.84. The number of halogens is 1. The molecule has 0 fully saturated rings. The molecule has 2 aromatic carbocycles. The number of anilines is 1. The largest absolute Gasteiger partial charge is 0.403 e. The number of rotatable bonds is 5. The topological polar surface area (TPSA) is 68.0 Å². The van der Waals surface area contributed by atoms with Crippen molar-refractivity contribution < 1.29 is 13.6 Å². The molecule has 0 aliphatic carbocycles. The lowest BCUT2D eigenvalue weighted by molar-refractivity contribution is -0.115. The van der Waals surface area contributed by atoms with Gasteiger partial charge in [-0.25, -0.2) is 4.39 Å². The molecule has 1 heterocycles. The SMILES string of the molecule is CCc1ccc(CC(=O)Nc2nnc(-c3cccc(F)c3)o2)cc1. The number of benzene rings is 2. The Kier molecular flexibility index (Phi) is 4.65.